The summed E-state index contributed by atoms with van der Waals surface area (Å²) in [6, 6.07) is 6.13. The van der Waals surface area contributed by atoms with Gasteiger partial charge in [0.2, 0.25) is 10.0 Å². The number of benzene rings is 1. The highest BCUT2D eigenvalue weighted by Gasteiger charge is 2.33. The number of sulfonamides is 1. The number of carbonyl (C=O) groups is 1. The van der Waals surface area contributed by atoms with Crippen molar-refractivity contribution < 1.29 is 23.1 Å². The van der Waals surface area contributed by atoms with Gasteiger partial charge in [-0.2, -0.15) is 0 Å². The second kappa shape index (κ2) is 10.1. The number of aliphatic hydroxyl groups excluding tert-OH is 1. The van der Waals surface area contributed by atoms with E-state index in [0.29, 0.717) is 25.8 Å². The van der Waals surface area contributed by atoms with Crippen molar-refractivity contribution in [3.05, 3.63) is 54.1 Å². The summed E-state index contributed by atoms with van der Waals surface area (Å²) in [6.07, 6.45) is 5.16. The minimum atomic E-state index is -3.71. The van der Waals surface area contributed by atoms with Gasteiger partial charge in [-0.1, -0.05) is 12.1 Å². The van der Waals surface area contributed by atoms with Crippen LogP contribution in [0.4, 0.5) is 0 Å². The molecular formula is C20H26N4O5S. The second-order valence-electron chi connectivity index (χ2n) is 7.24. The van der Waals surface area contributed by atoms with Gasteiger partial charge >= 0.3 is 0 Å². The lowest BCUT2D eigenvalue weighted by Gasteiger charge is -2.36. The minimum absolute atomic E-state index is 0.188. The second-order valence-corrected chi connectivity index (χ2v) is 8.95. The summed E-state index contributed by atoms with van der Waals surface area (Å²) in [5, 5.41) is 12.5. The SMILES string of the molecule is Cc1cccc(S(=O)(=O)N[C@H]2CC[C@@H](CCNC(=O)c3cnccn3)O[C@@H]2CO)c1. The Hall–Kier alpha value is -2.40. The van der Waals surface area contributed by atoms with Gasteiger partial charge < -0.3 is 15.2 Å². The molecule has 2 heterocycles. The highest BCUT2D eigenvalue weighted by atomic mass is 32.2. The Morgan fingerprint density at radius 3 is 2.83 bits per heavy atom. The van der Waals surface area contributed by atoms with Gasteiger partial charge in [-0.25, -0.2) is 18.1 Å². The predicted octanol–water partition coefficient (Wildman–Crippen LogP) is 0.792. The quantitative estimate of drug-likeness (QED) is 0.560. The maximum atomic E-state index is 12.7. The molecule has 0 radical (unpaired) electrons. The highest BCUT2D eigenvalue weighted by Crippen LogP contribution is 2.23. The normalized spacial score (nSPS) is 21.9. The number of ether oxygens (including phenoxy) is 1. The van der Waals surface area contributed by atoms with E-state index >= 15 is 0 Å². The molecule has 1 aromatic carbocycles. The van der Waals surface area contributed by atoms with Crippen LogP contribution in [-0.2, 0) is 14.8 Å². The summed E-state index contributed by atoms with van der Waals surface area (Å²) in [4.78, 5) is 20.0. The predicted molar refractivity (Wildman–Crippen MR) is 109 cm³/mol. The fraction of sp³-hybridized carbons (Fsp3) is 0.450. The van der Waals surface area contributed by atoms with Gasteiger partial charge in [-0.3, -0.25) is 9.78 Å². The molecule has 162 valence electrons. The smallest absolute Gasteiger partial charge is 0.271 e. The monoisotopic (exact) mass is 434 g/mol. The van der Waals surface area contributed by atoms with Crippen LogP contribution >= 0.6 is 0 Å². The zero-order valence-electron chi connectivity index (χ0n) is 16.7. The molecule has 2 aromatic rings. The van der Waals surface area contributed by atoms with E-state index in [9.17, 15) is 18.3 Å². The van der Waals surface area contributed by atoms with Gasteiger partial charge in [0.1, 0.15) is 5.69 Å². The van der Waals surface area contributed by atoms with Gasteiger partial charge in [-0.05, 0) is 43.9 Å². The van der Waals surface area contributed by atoms with Crippen molar-refractivity contribution in [3.8, 4) is 0 Å². The van der Waals surface area contributed by atoms with E-state index in [2.05, 4.69) is 20.0 Å². The lowest BCUT2D eigenvalue weighted by atomic mass is 9.98. The number of hydrogen-bond donors (Lipinski definition) is 3. The van der Waals surface area contributed by atoms with Crippen LogP contribution in [0.1, 0.15) is 35.3 Å². The molecule has 0 spiro atoms. The van der Waals surface area contributed by atoms with Gasteiger partial charge in [0.25, 0.3) is 5.91 Å². The summed E-state index contributed by atoms with van der Waals surface area (Å²) in [7, 11) is -3.71. The van der Waals surface area contributed by atoms with E-state index in [-0.39, 0.29) is 29.2 Å². The molecule has 9 nitrogen and oxygen atoms in total. The van der Waals surface area contributed by atoms with Crippen LogP contribution in [0.2, 0.25) is 0 Å². The Morgan fingerprint density at radius 2 is 2.13 bits per heavy atom. The van der Waals surface area contributed by atoms with Gasteiger partial charge in [-0.15, -0.1) is 0 Å². The Bertz CT molecular complexity index is 955. The number of nitrogens with one attached hydrogen (secondary N) is 2. The molecule has 10 heteroatoms. The van der Waals surface area contributed by atoms with Gasteiger partial charge in [0.05, 0.1) is 35.9 Å². The molecule has 30 heavy (non-hydrogen) atoms. The topological polar surface area (TPSA) is 131 Å². The molecule has 3 rings (SSSR count). The first-order valence-electron chi connectivity index (χ1n) is 9.78. The van der Waals surface area contributed by atoms with Crippen LogP contribution < -0.4 is 10.0 Å². The first-order chi connectivity index (χ1) is 14.4. The third-order valence-electron chi connectivity index (χ3n) is 4.95. The van der Waals surface area contributed by atoms with E-state index in [0.717, 1.165) is 5.56 Å². The number of aliphatic hydroxyl groups is 1. The first-order valence-corrected chi connectivity index (χ1v) is 11.3. The van der Waals surface area contributed by atoms with Gasteiger partial charge in [0, 0.05) is 18.9 Å². The lowest BCUT2D eigenvalue weighted by Crippen LogP contribution is -2.51. The molecule has 1 saturated heterocycles. The number of rotatable bonds is 8. The average molecular weight is 435 g/mol. The molecule has 1 aliphatic heterocycles. The molecule has 0 saturated carbocycles. The van der Waals surface area contributed by atoms with E-state index in [1.165, 1.54) is 24.7 Å². The van der Waals surface area contributed by atoms with Crippen LogP contribution in [0, 0.1) is 6.92 Å². The third-order valence-corrected chi connectivity index (χ3v) is 6.44. The average Bonchev–Trinajstić information content (AvgIpc) is 2.75. The van der Waals surface area contributed by atoms with Crippen molar-refractivity contribution in [1.82, 2.24) is 20.0 Å². The van der Waals surface area contributed by atoms with Crippen LogP contribution in [0.3, 0.4) is 0 Å². The van der Waals surface area contributed by atoms with Crippen molar-refractivity contribution in [2.75, 3.05) is 13.2 Å². The molecule has 0 unspecified atom stereocenters. The fourth-order valence-corrected chi connectivity index (χ4v) is 4.79. The molecule has 3 N–H and O–H groups in total. The zero-order chi connectivity index (χ0) is 21.6. The lowest BCUT2D eigenvalue weighted by molar-refractivity contribution is -0.0871. The minimum Gasteiger partial charge on any atom is -0.394 e. The van der Waals surface area contributed by atoms with Crippen molar-refractivity contribution in [2.24, 2.45) is 0 Å². The van der Waals surface area contributed by atoms with Crippen LogP contribution in [0.15, 0.2) is 47.8 Å². The van der Waals surface area contributed by atoms with Crippen molar-refractivity contribution in [3.63, 3.8) is 0 Å². The number of carbonyl (C=O) groups excluding carboxylic acids is 1. The molecule has 3 atom stereocenters. The number of aryl methyl sites for hydroxylation is 1. The van der Waals surface area contributed by atoms with Crippen molar-refractivity contribution in [2.45, 2.75) is 49.3 Å². The molecule has 0 aliphatic carbocycles. The Kier molecular flexibility index (Phi) is 7.48. The summed E-state index contributed by atoms with van der Waals surface area (Å²) in [6.45, 7) is 1.90. The summed E-state index contributed by atoms with van der Waals surface area (Å²) >= 11 is 0. The summed E-state index contributed by atoms with van der Waals surface area (Å²) in [5.74, 6) is -0.318. The van der Waals surface area contributed by atoms with Crippen LogP contribution in [0.5, 0.6) is 0 Å². The summed E-state index contributed by atoms with van der Waals surface area (Å²) in [5.41, 5.74) is 1.08. The molecule has 1 aliphatic rings. The maximum Gasteiger partial charge on any atom is 0.271 e. The van der Waals surface area contributed by atoms with E-state index in [1.54, 1.807) is 12.1 Å². The Balaban J connectivity index is 1.51. The van der Waals surface area contributed by atoms with Crippen LogP contribution in [0.25, 0.3) is 0 Å². The molecular weight excluding hydrogens is 408 g/mol. The third kappa shape index (κ3) is 5.82. The van der Waals surface area contributed by atoms with Crippen LogP contribution in [-0.4, -0.2) is 60.8 Å². The maximum absolute atomic E-state index is 12.7. The number of amides is 1. The standard InChI is InChI=1S/C20H26N4O5S/c1-14-3-2-4-16(11-14)30(27,28)24-17-6-5-15(29-19(17)13-25)7-8-23-20(26)18-12-21-9-10-22-18/h2-4,9-12,15,17,19,24-25H,5-8,13H2,1H3,(H,23,26)/t15-,17-,19+/m0/s1. The fourth-order valence-electron chi connectivity index (χ4n) is 3.38. The van der Waals surface area contributed by atoms with E-state index in [1.807, 2.05) is 13.0 Å². The number of aromatic nitrogens is 2. The van der Waals surface area contributed by atoms with E-state index in [4.69, 9.17) is 4.74 Å². The number of hydrogen-bond acceptors (Lipinski definition) is 7. The first kappa shape index (κ1) is 22.3. The van der Waals surface area contributed by atoms with Crippen molar-refractivity contribution in [1.29, 1.82) is 0 Å². The molecule has 1 aromatic heterocycles. The van der Waals surface area contributed by atoms with Crippen molar-refractivity contribution >= 4 is 15.9 Å². The zero-order valence-corrected chi connectivity index (χ0v) is 17.5. The summed E-state index contributed by atoms with van der Waals surface area (Å²) < 4.78 is 33.9. The van der Waals surface area contributed by atoms with E-state index < -0.39 is 22.2 Å². The largest absolute Gasteiger partial charge is 0.394 e. The van der Waals surface area contributed by atoms with Gasteiger partial charge in [0.15, 0.2) is 0 Å². The molecule has 0 bridgehead atoms. The molecule has 1 fully saturated rings. The number of nitrogens with zero attached hydrogens (tertiary/aromatic N) is 2. The Morgan fingerprint density at radius 1 is 1.30 bits per heavy atom. The highest BCUT2D eigenvalue weighted by molar-refractivity contribution is 7.89. The Labute approximate surface area is 176 Å². The molecule has 1 amide bonds.